The number of hydrogen-bond acceptors (Lipinski definition) is 7. The Kier molecular flexibility index (Phi) is 13.9. The molecule has 0 aliphatic carbocycles. The third kappa shape index (κ3) is 11.5. The molecule has 3 aromatic carbocycles. The van der Waals surface area contributed by atoms with E-state index in [9.17, 15) is 22.8 Å². The number of rotatable bonds is 15. The predicted octanol–water partition coefficient (Wildman–Crippen LogP) is 4.51. The Hall–Kier alpha value is -4.75. The van der Waals surface area contributed by atoms with Crippen LogP contribution in [-0.2, 0) is 37.1 Å². The lowest BCUT2D eigenvalue weighted by atomic mass is 10.0. The lowest BCUT2D eigenvalue weighted by Crippen LogP contribution is -2.55. The molecule has 0 unspecified atom stereocenters. The van der Waals surface area contributed by atoms with Gasteiger partial charge in [0.2, 0.25) is 20.9 Å². The summed E-state index contributed by atoms with van der Waals surface area (Å²) in [6.07, 6.45) is 1.42. The third-order valence-electron chi connectivity index (χ3n) is 7.59. The van der Waals surface area contributed by atoms with Crippen LogP contribution in [0.2, 0.25) is 0 Å². The lowest BCUT2D eigenvalue weighted by molar-refractivity contribution is -0.123. The Labute approximate surface area is 280 Å². The van der Waals surface area contributed by atoms with Crippen molar-refractivity contribution in [2.24, 2.45) is 0 Å². The number of ether oxygens (including phenoxy) is 2. The molecule has 1 aliphatic rings. The lowest BCUT2D eigenvalue weighted by Gasteiger charge is -2.29. The highest BCUT2D eigenvalue weighted by molar-refractivity contribution is 7.95. The number of unbranched alkanes of at least 4 members (excludes halogenated alkanes) is 1. The summed E-state index contributed by atoms with van der Waals surface area (Å²) in [6, 6.07) is 23.0. The van der Waals surface area contributed by atoms with Crippen LogP contribution in [0.1, 0.15) is 30.4 Å². The zero-order valence-corrected chi connectivity index (χ0v) is 27.4. The van der Waals surface area contributed by atoms with E-state index in [0.29, 0.717) is 39.1 Å². The van der Waals surface area contributed by atoms with Gasteiger partial charge in [0.05, 0.1) is 24.2 Å². The van der Waals surface area contributed by atoms with Gasteiger partial charge in [-0.15, -0.1) is 0 Å². The van der Waals surface area contributed by atoms with Crippen molar-refractivity contribution in [2.45, 2.75) is 49.3 Å². The van der Waals surface area contributed by atoms with Crippen LogP contribution in [0.3, 0.4) is 0 Å². The second kappa shape index (κ2) is 18.6. The molecular weight excluding hydrogens is 639 g/mol. The van der Waals surface area contributed by atoms with Crippen LogP contribution in [0.4, 0.5) is 14.0 Å². The Balaban J connectivity index is 1.43. The highest BCUT2D eigenvalue weighted by atomic mass is 32.2. The van der Waals surface area contributed by atoms with E-state index in [1.165, 1.54) is 24.3 Å². The van der Waals surface area contributed by atoms with Gasteiger partial charge in [-0.3, -0.25) is 4.79 Å². The normalized spacial score (nSPS) is 14.8. The summed E-state index contributed by atoms with van der Waals surface area (Å²) < 4.78 is 51.9. The van der Waals surface area contributed by atoms with E-state index in [-0.39, 0.29) is 30.9 Å². The van der Waals surface area contributed by atoms with Crippen molar-refractivity contribution in [3.05, 3.63) is 113 Å². The minimum Gasteiger partial charge on any atom is -0.445 e. The van der Waals surface area contributed by atoms with Crippen molar-refractivity contribution in [1.82, 2.24) is 20.9 Å². The van der Waals surface area contributed by atoms with Crippen LogP contribution in [0.5, 0.6) is 0 Å². The van der Waals surface area contributed by atoms with Crippen LogP contribution in [-0.4, -0.2) is 76.3 Å². The molecule has 1 heterocycles. The maximum atomic E-state index is 15.4. The molecule has 4 rings (SSSR count). The first-order valence-corrected chi connectivity index (χ1v) is 17.3. The van der Waals surface area contributed by atoms with Crippen molar-refractivity contribution in [3.8, 4) is 0 Å². The number of morpholine rings is 1. The number of hydrogen-bond donors (Lipinski definition) is 3. The number of nitrogens with one attached hydrogen (secondary N) is 3. The summed E-state index contributed by atoms with van der Waals surface area (Å²) in [7, 11) is -4.47. The van der Waals surface area contributed by atoms with Gasteiger partial charge in [0, 0.05) is 26.1 Å². The SMILES string of the molecule is O=C(NCCCC[C@@H](C=C(F)S(=O)(=O)c1ccccc1)NC(=O)[C@H](Cc1ccccc1)NC(=O)N1CCOCC1)OCc1ccccc1. The van der Waals surface area contributed by atoms with Gasteiger partial charge in [-0.25, -0.2) is 18.0 Å². The van der Waals surface area contributed by atoms with E-state index >= 15 is 4.39 Å². The first kappa shape index (κ1) is 36.1. The summed E-state index contributed by atoms with van der Waals surface area (Å²) in [5.74, 6) is -0.603. The highest BCUT2D eigenvalue weighted by Gasteiger charge is 2.28. The van der Waals surface area contributed by atoms with Crippen LogP contribution >= 0.6 is 0 Å². The van der Waals surface area contributed by atoms with Crippen molar-refractivity contribution in [2.75, 3.05) is 32.8 Å². The van der Waals surface area contributed by atoms with E-state index in [1.807, 2.05) is 60.7 Å². The number of alkyl carbamates (subject to hydrolysis) is 1. The fourth-order valence-electron chi connectivity index (χ4n) is 4.96. The molecule has 11 nitrogen and oxygen atoms in total. The number of amides is 4. The van der Waals surface area contributed by atoms with Crippen molar-refractivity contribution in [3.63, 3.8) is 0 Å². The third-order valence-corrected chi connectivity index (χ3v) is 9.13. The Morgan fingerprint density at radius 3 is 2.10 bits per heavy atom. The predicted molar refractivity (Wildman–Crippen MR) is 178 cm³/mol. The number of carbonyl (C=O) groups is 3. The number of nitrogens with zero attached hydrogens (tertiary/aromatic N) is 1. The van der Waals surface area contributed by atoms with Gasteiger partial charge in [-0.05, 0) is 48.6 Å². The number of halogens is 1. The van der Waals surface area contributed by atoms with Gasteiger partial charge in [-0.1, -0.05) is 78.9 Å². The van der Waals surface area contributed by atoms with E-state index in [1.54, 1.807) is 11.0 Å². The molecule has 0 aromatic heterocycles. The second-order valence-electron chi connectivity index (χ2n) is 11.2. The smallest absolute Gasteiger partial charge is 0.407 e. The molecule has 0 saturated carbocycles. The van der Waals surface area contributed by atoms with Gasteiger partial charge in [0.25, 0.3) is 0 Å². The van der Waals surface area contributed by atoms with Crippen LogP contribution in [0.25, 0.3) is 0 Å². The van der Waals surface area contributed by atoms with E-state index < -0.39 is 45.1 Å². The quantitative estimate of drug-likeness (QED) is 0.201. The molecule has 1 fully saturated rings. The number of benzene rings is 3. The highest BCUT2D eigenvalue weighted by Crippen LogP contribution is 2.21. The molecule has 48 heavy (non-hydrogen) atoms. The van der Waals surface area contributed by atoms with Gasteiger partial charge in [-0.2, -0.15) is 4.39 Å². The topological polar surface area (TPSA) is 143 Å². The average molecular weight is 681 g/mol. The summed E-state index contributed by atoms with van der Waals surface area (Å²) in [5, 5.41) is 6.79. The molecule has 0 bridgehead atoms. The van der Waals surface area contributed by atoms with Gasteiger partial charge < -0.3 is 30.3 Å². The van der Waals surface area contributed by atoms with Crippen LogP contribution < -0.4 is 16.0 Å². The first-order chi connectivity index (χ1) is 23.2. The van der Waals surface area contributed by atoms with Gasteiger partial charge in [0.15, 0.2) is 0 Å². The Bertz CT molecular complexity index is 1600. The zero-order chi connectivity index (χ0) is 34.2. The molecule has 0 radical (unpaired) electrons. The van der Waals surface area contributed by atoms with Crippen LogP contribution in [0, 0.1) is 0 Å². The first-order valence-electron chi connectivity index (χ1n) is 15.8. The molecule has 3 N–H and O–H groups in total. The monoisotopic (exact) mass is 680 g/mol. The molecule has 4 amide bonds. The Morgan fingerprint density at radius 1 is 0.854 bits per heavy atom. The van der Waals surface area contributed by atoms with Crippen molar-refractivity contribution >= 4 is 27.9 Å². The molecular formula is C35H41FN4O7S. The summed E-state index contributed by atoms with van der Waals surface area (Å²) in [5.41, 5.74) is 1.63. The largest absolute Gasteiger partial charge is 0.445 e. The standard InChI is InChI=1S/C35H41FN4O7S/c36-32(48(44,45)30-17-8-3-9-18-30)25-29(16-10-11-19-37-35(43)47-26-28-14-6-2-7-15-28)38-33(41)31(24-27-12-4-1-5-13-27)39-34(42)40-20-22-46-23-21-40/h1-9,12-15,17-18,25,29,31H,10-11,16,19-24,26H2,(H,37,43)(H,38,41)(H,39,42)/t29-,31-/m0/s1. The molecule has 256 valence electrons. The Morgan fingerprint density at radius 2 is 1.46 bits per heavy atom. The number of urea groups is 1. The maximum absolute atomic E-state index is 15.4. The molecule has 1 saturated heterocycles. The molecule has 3 aromatic rings. The fourth-order valence-corrected chi connectivity index (χ4v) is 6.04. The second-order valence-corrected chi connectivity index (χ2v) is 13.0. The molecule has 0 spiro atoms. The van der Waals surface area contributed by atoms with Crippen LogP contribution in [0.15, 0.2) is 107 Å². The van der Waals surface area contributed by atoms with E-state index in [4.69, 9.17) is 9.47 Å². The van der Waals surface area contributed by atoms with E-state index in [2.05, 4.69) is 16.0 Å². The molecule has 1 aliphatic heterocycles. The van der Waals surface area contributed by atoms with Crippen molar-refractivity contribution < 1.29 is 36.7 Å². The van der Waals surface area contributed by atoms with E-state index in [0.717, 1.165) is 17.2 Å². The molecule has 2 atom stereocenters. The maximum Gasteiger partial charge on any atom is 0.407 e. The number of sulfone groups is 1. The van der Waals surface area contributed by atoms with Gasteiger partial charge >= 0.3 is 12.1 Å². The summed E-state index contributed by atoms with van der Waals surface area (Å²) in [4.78, 5) is 40.2. The summed E-state index contributed by atoms with van der Waals surface area (Å²) in [6.45, 7) is 1.86. The fraction of sp³-hybridized carbons (Fsp3) is 0.343. The zero-order valence-electron chi connectivity index (χ0n) is 26.6. The average Bonchev–Trinajstić information content (AvgIpc) is 3.11. The number of carbonyl (C=O) groups excluding carboxylic acids is 3. The molecule has 13 heteroatoms. The minimum absolute atomic E-state index is 0.118. The van der Waals surface area contributed by atoms with Gasteiger partial charge in [0.1, 0.15) is 12.6 Å². The summed E-state index contributed by atoms with van der Waals surface area (Å²) >= 11 is 0. The minimum atomic E-state index is -4.47. The van der Waals surface area contributed by atoms with Crippen molar-refractivity contribution in [1.29, 1.82) is 0 Å².